The molecule has 8 aromatic rings. The molecule has 2 N–H and O–H groups in total. The number of carboxylic acid groups (broad SMARTS) is 1. The van der Waals surface area contributed by atoms with E-state index in [-0.39, 0.29) is 25.5 Å². The number of piperazine rings is 1. The third kappa shape index (κ3) is 8.37. The third-order valence-corrected chi connectivity index (χ3v) is 12.5. The molecular weight excluding hydrogens is 819 g/mol. The fourth-order valence-electron chi connectivity index (χ4n) is 7.76. The highest BCUT2D eigenvalue weighted by Crippen LogP contribution is 2.49. The lowest BCUT2D eigenvalue weighted by Gasteiger charge is -2.32. The summed E-state index contributed by atoms with van der Waals surface area (Å²) in [5, 5.41) is 24.4. The summed E-state index contributed by atoms with van der Waals surface area (Å²) >= 11 is 8.57. The predicted octanol–water partition coefficient (Wildman–Crippen LogP) is 8.17. The van der Waals surface area contributed by atoms with Crippen LogP contribution >= 0.6 is 22.9 Å². The highest BCUT2D eigenvalue weighted by atomic mass is 35.5. The number of benzene rings is 5. The molecular formula is C46H40ClFN6O6S. The van der Waals surface area contributed by atoms with Crippen molar-refractivity contribution in [2.45, 2.75) is 25.7 Å². The van der Waals surface area contributed by atoms with Gasteiger partial charge < -0.3 is 29.3 Å². The Labute approximate surface area is 358 Å². The van der Waals surface area contributed by atoms with E-state index < -0.39 is 17.9 Å². The lowest BCUT2D eigenvalue weighted by atomic mass is 9.97. The van der Waals surface area contributed by atoms with Gasteiger partial charge in [-0.3, -0.25) is 4.90 Å². The highest BCUT2D eigenvalue weighted by Gasteiger charge is 2.27. The molecule has 12 nitrogen and oxygen atoms in total. The first kappa shape index (κ1) is 40.4. The zero-order chi connectivity index (χ0) is 42.0. The summed E-state index contributed by atoms with van der Waals surface area (Å²) in [5.74, 6) is -0.0712. The number of ether oxygens (including phenoxy) is 3. The number of carbonyl (C=O) groups is 1. The van der Waals surface area contributed by atoms with Crippen LogP contribution in [0.5, 0.6) is 17.4 Å². The molecule has 0 spiro atoms. The molecule has 15 heteroatoms. The van der Waals surface area contributed by atoms with E-state index in [9.17, 15) is 19.4 Å². The van der Waals surface area contributed by atoms with Crippen LogP contribution in [0.1, 0.15) is 16.8 Å². The van der Waals surface area contributed by atoms with Gasteiger partial charge in [0, 0.05) is 71.8 Å². The number of aliphatic carboxylic acids is 1. The molecule has 1 atom stereocenters. The molecule has 0 saturated carbocycles. The maximum absolute atomic E-state index is 15.0. The standard InChI is InChI=1S/C46H40ClFN6O6S/c1-53-15-17-54(18-16-53)19-20-58-36-12-11-33-38(41(36)47)34-23-30(48)9-10-32(34)42-39(33)40-44(50-26-51-45(40)61-42)60-37(46(56)57)22-28-6-2-3-8-35(28)59-25-31-13-14-49-43(52-31)29-7-4-5-27(21-29)24-55/h2-14,21,23,26,37,55H,15-20,22,24-25H2,1H3,(H,56,57)/t37-/m1/s1. The Morgan fingerprint density at radius 1 is 0.885 bits per heavy atom. The maximum atomic E-state index is 15.0. The molecule has 0 radical (unpaired) electrons. The summed E-state index contributed by atoms with van der Waals surface area (Å²) in [4.78, 5) is 36.3. The molecule has 1 aliphatic rings. The number of rotatable bonds is 14. The molecule has 0 amide bonds. The van der Waals surface area contributed by atoms with Crippen molar-refractivity contribution in [1.82, 2.24) is 29.7 Å². The molecule has 5 aromatic carbocycles. The summed E-state index contributed by atoms with van der Waals surface area (Å²) in [6.45, 7) is 5.10. The molecule has 1 saturated heterocycles. The Morgan fingerprint density at radius 2 is 1.72 bits per heavy atom. The second-order valence-electron chi connectivity index (χ2n) is 14.9. The van der Waals surface area contributed by atoms with Gasteiger partial charge in [0.05, 0.1) is 22.7 Å². The minimum Gasteiger partial charge on any atom is -0.491 e. The number of aliphatic hydroxyl groups is 1. The predicted molar refractivity (Wildman–Crippen MR) is 234 cm³/mol. The second kappa shape index (κ2) is 17.5. The van der Waals surface area contributed by atoms with Crippen LogP contribution in [0.25, 0.3) is 53.2 Å². The smallest absolute Gasteiger partial charge is 0.345 e. The van der Waals surface area contributed by atoms with Crippen LogP contribution in [0.4, 0.5) is 4.39 Å². The van der Waals surface area contributed by atoms with Crippen LogP contribution in [0.3, 0.4) is 0 Å². The average molecular weight is 859 g/mol. The van der Waals surface area contributed by atoms with Gasteiger partial charge in [-0.05, 0) is 71.4 Å². The van der Waals surface area contributed by atoms with Crippen molar-refractivity contribution in [1.29, 1.82) is 0 Å². The molecule has 0 unspecified atom stereocenters. The van der Waals surface area contributed by atoms with E-state index in [1.165, 1.54) is 29.8 Å². The monoisotopic (exact) mass is 858 g/mol. The van der Waals surface area contributed by atoms with Crippen molar-refractivity contribution in [3.63, 3.8) is 0 Å². The SMILES string of the molecule is CN1CCN(CCOc2ccc3c(c2Cl)c2cc(F)ccc2c2sc4ncnc(O[C@H](Cc5ccccc5OCc5ccnc(-c6cccc(CO)c6)n5)C(=O)O)c4c32)CC1. The lowest BCUT2D eigenvalue weighted by Crippen LogP contribution is -2.45. The maximum Gasteiger partial charge on any atom is 0.345 e. The van der Waals surface area contributed by atoms with Crippen molar-refractivity contribution in [3.05, 3.63) is 125 Å². The Bertz CT molecular complexity index is 2930. The van der Waals surface area contributed by atoms with Crippen molar-refractivity contribution in [2.75, 3.05) is 46.4 Å². The zero-order valence-corrected chi connectivity index (χ0v) is 34.6. The Balaban J connectivity index is 1.02. The highest BCUT2D eigenvalue weighted by molar-refractivity contribution is 7.26. The van der Waals surface area contributed by atoms with Gasteiger partial charge in [-0.2, -0.15) is 0 Å². The van der Waals surface area contributed by atoms with Crippen LogP contribution in [0.2, 0.25) is 5.02 Å². The number of aromatic nitrogens is 4. The van der Waals surface area contributed by atoms with E-state index in [4.69, 9.17) is 25.8 Å². The van der Waals surface area contributed by atoms with Gasteiger partial charge in [0.15, 0.2) is 5.82 Å². The number of para-hydroxylation sites is 1. The average Bonchev–Trinajstić information content (AvgIpc) is 3.68. The van der Waals surface area contributed by atoms with Crippen LogP contribution in [-0.4, -0.2) is 98.4 Å². The van der Waals surface area contributed by atoms with Gasteiger partial charge in [0.25, 0.3) is 0 Å². The number of carboxylic acids is 1. The first-order chi connectivity index (χ1) is 29.7. The van der Waals surface area contributed by atoms with Gasteiger partial charge in [-0.25, -0.2) is 29.1 Å². The Hall–Kier alpha value is -6.03. The number of aliphatic hydroxyl groups excluding tert-OH is 1. The van der Waals surface area contributed by atoms with Gasteiger partial charge in [-0.15, -0.1) is 11.3 Å². The fraction of sp³-hybridized carbons (Fsp3) is 0.239. The van der Waals surface area contributed by atoms with Crippen LogP contribution in [0, 0.1) is 5.82 Å². The zero-order valence-electron chi connectivity index (χ0n) is 33.1. The van der Waals surface area contributed by atoms with Crippen molar-refractivity contribution in [3.8, 4) is 28.8 Å². The first-order valence-corrected chi connectivity index (χ1v) is 21.0. The minimum absolute atomic E-state index is 0.0499. The molecule has 1 aliphatic heterocycles. The molecule has 1 fully saturated rings. The number of thiophene rings is 1. The van der Waals surface area contributed by atoms with Crippen LogP contribution < -0.4 is 14.2 Å². The molecule has 310 valence electrons. The summed E-state index contributed by atoms with van der Waals surface area (Å²) in [7, 11) is 2.12. The van der Waals surface area contributed by atoms with E-state index in [1.54, 1.807) is 30.5 Å². The largest absolute Gasteiger partial charge is 0.491 e. The van der Waals surface area contributed by atoms with E-state index in [0.29, 0.717) is 66.6 Å². The van der Waals surface area contributed by atoms with Crippen molar-refractivity contribution in [2.24, 2.45) is 0 Å². The van der Waals surface area contributed by atoms with E-state index in [1.807, 2.05) is 48.5 Å². The third-order valence-electron chi connectivity index (χ3n) is 10.9. The van der Waals surface area contributed by atoms with Crippen molar-refractivity contribution < 1.29 is 33.6 Å². The topological polar surface area (TPSA) is 143 Å². The van der Waals surface area contributed by atoms with Crippen LogP contribution in [0.15, 0.2) is 97.5 Å². The van der Waals surface area contributed by atoms with Gasteiger partial charge >= 0.3 is 5.97 Å². The molecule has 4 heterocycles. The molecule has 61 heavy (non-hydrogen) atoms. The number of halogens is 2. The number of hydrogen-bond acceptors (Lipinski definition) is 12. The van der Waals surface area contributed by atoms with Gasteiger partial charge in [0.1, 0.15) is 41.7 Å². The summed E-state index contributed by atoms with van der Waals surface area (Å²) in [6, 6.07) is 24.6. The summed E-state index contributed by atoms with van der Waals surface area (Å²) < 4.78 is 34.6. The number of fused-ring (bicyclic) bond motifs is 8. The number of likely N-dealkylation sites (N-methyl/N-ethyl adjacent to an activating group) is 1. The summed E-state index contributed by atoms with van der Waals surface area (Å²) in [6.07, 6.45) is 1.57. The van der Waals surface area contributed by atoms with Crippen LogP contribution in [-0.2, 0) is 24.4 Å². The van der Waals surface area contributed by atoms with E-state index in [0.717, 1.165) is 59.3 Å². The van der Waals surface area contributed by atoms with Gasteiger partial charge in [-0.1, -0.05) is 54.1 Å². The number of nitrogens with zero attached hydrogens (tertiary/aromatic N) is 6. The molecule has 3 aromatic heterocycles. The van der Waals surface area contributed by atoms with E-state index >= 15 is 0 Å². The molecule has 9 rings (SSSR count). The molecule has 0 aliphatic carbocycles. The Kier molecular flexibility index (Phi) is 11.6. The Morgan fingerprint density at radius 3 is 2.56 bits per heavy atom. The fourth-order valence-corrected chi connectivity index (χ4v) is 9.27. The normalized spacial score (nSPS) is 14.2. The lowest BCUT2D eigenvalue weighted by molar-refractivity contribution is -0.145. The number of hydrogen-bond donors (Lipinski definition) is 2. The molecule has 0 bridgehead atoms. The van der Waals surface area contributed by atoms with E-state index in [2.05, 4.69) is 36.8 Å². The summed E-state index contributed by atoms with van der Waals surface area (Å²) in [5.41, 5.74) is 2.72. The first-order valence-electron chi connectivity index (χ1n) is 19.8. The second-order valence-corrected chi connectivity index (χ2v) is 16.3. The van der Waals surface area contributed by atoms with Crippen molar-refractivity contribution >= 4 is 70.8 Å². The van der Waals surface area contributed by atoms with Gasteiger partial charge in [0.2, 0.25) is 12.0 Å². The quantitative estimate of drug-likeness (QED) is 0.102. The minimum atomic E-state index is -1.37.